The third-order valence-electron chi connectivity index (χ3n) is 4.52. The molecule has 0 bridgehead atoms. The van der Waals surface area contributed by atoms with Gasteiger partial charge in [-0.05, 0) is 24.0 Å². The molecular formula is C21H29N3O5. The van der Waals surface area contributed by atoms with Crippen molar-refractivity contribution in [3.8, 4) is 0 Å². The minimum atomic E-state index is -0.226. The summed E-state index contributed by atoms with van der Waals surface area (Å²) in [6.07, 6.45) is 2.52. The number of amides is 4. The topological polar surface area (TPSA) is 105 Å². The Balaban J connectivity index is 1.58. The Labute approximate surface area is 171 Å². The molecule has 1 aromatic carbocycles. The van der Waals surface area contributed by atoms with Gasteiger partial charge in [-0.2, -0.15) is 0 Å². The van der Waals surface area contributed by atoms with Crippen LogP contribution in [0.4, 0.5) is 0 Å². The second kappa shape index (κ2) is 12.0. The molecule has 2 rings (SSSR count). The highest BCUT2D eigenvalue weighted by molar-refractivity contribution is 6.00. The number of β-lactam (4-membered cyclic amide) rings is 1. The van der Waals surface area contributed by atoms with Crippen molar-refractivity contribution in [1.29, 1.82) is 0 Å². The molecule has 1 saturated heterocycles. The third-order valence-corrected chi connectivity index (χ3v) is 4.52. The monoisotopic (exact) mass is 403 g/mol. The molecule has 2 N–H and O–H groups in total. The molecule has 8 heteroatoms. The standard InChI is InChI=1S/C21H29N3O5/c1-2-10-22-18(25)4-3-12-29-15-19(26)23-14-17-7-5-16(6-8-17)13-21(28)24-11-9-20(24)27/h5-8H,2-4,9-15H2,1H3,(H,22,25)(H,23,26). The van der Waals surface area contributed by atoms with E-state index < -0.39 is 0 Å². The predicted molar refractivity (Wildman–Crippen MR) is 107 cm³/mol. The van der Waals surface area contributed by atoms with Gasteiger partial charge in [0.1, 0.15) is 6.61 Å². The van der Waals surface area contributed by atoms with Crippen molar-refractivity contribution in [1.82, 2.24) is 15.5 Å². The molecule has 0 aliphatic carbocycles. The molecule has 1 fully saturated rings. The van der Waals surface area contributed by atoms with Crippen LogP contribution < -0.4 is 10.6 Å². The summed E-state index contributed by atoms with van der Waals surface area (Å²) in [7, 11) is 0. The summed E-state index contributed by atoms with van der Waals surface area (Å²) in [5.41, 5.74) is 1.73. The van der Waals surface area contributed by atoms with Crippen LogP contribution in [0.1, 0.15) is 43.7 Å². The lowest BCUT2D eigenvalue weighted by Gasteiger charge is -2.28. The van der Waals surface area contributed by atoms with Crippen LogP contribution in [0, 0.1) is 0 Å². The van der Waals surface area contributed by atoms with E-state index in [0.717, 1.165) is 17.5 Å². The van der Waals surface area contributed by atoms with Gasteiger partial charge in [-0.25, -0.2) is 0 Å². The molecule has 1 aliphatic heterocycles. The van der Waals surface area contributed by atoms with Gasteiger partial charge in [0.2, 0.25) is 23.6 Å². The van der Waals surface area contributed by atoms with Crippen LogP contribution in [0.3, 0.4) is 0 Å². The molecule has 0 atom stereocenters. The van der Waals surface area contributed by atoms with Gasteiger partial charge in [-0.3, -0.25) is 24.1 Å². The molecule has 158 valence electrons. The second-order valence-corrected chi connectivity index (χ2v) is 6.97. The van der Waals surface area contributed by atoms with Crippen LogP contribution in [0.2, 0.25) is 0 Å². The first-order valence-corrected chi connectivity index (χ1v) is 10.0. The van der Waals surface area contributed by atoms with Gasteiger partial charge in [0, 0.05) is 39.1 Å². The number of ether oxygens (including phenoxy) is 1. The van der Waals surface area contributed by atoms with Crippen LogP contribution in [-0.4, -0.2) is 54.8 Å². The van der Waals surface area contributed by atoms with Gasteiger partial charge >= 0.3 is 0 Å². The lowest BCUT2D eigenvalue weighted by molar-refractivity contribution is -0.151. The van der Waals surface area contributed by atoms with E-state index in [1.165, 1.54) is 4.90 Å². The summed E-state index contributed by atoms with van der Waals surface area (Å²) in [6, 6.07) is 7.33. The van der Waals surface area contributed by atoms with Crippen LogP contribution in [-0.2, 0) is 36.9 Å². The zero-order valence-corrected chi connectivity index (χ0v) is 16.9. The smallest absolute Gasteiger partial charge is 0.246 e. The third kappa shape index (κ3) is 8.03. The quantitative estimate of drug-likeness (QED) is 0.399. The lowest BCUT2D eigenvalue weighted by atomic mass is 10.1. The number of hydrogen-bond donors (Lipinski definition) is 2. The highest BCUT2D eigenvalue weighted by Crippen LogP contribution is 2.12. The minimum Gasteiger partial charge on any atom is -0.372 e. The van der Waals surface area contributed by atoms with Crippen molar-refractivity contribution in [3.63, 3.8) is 0 Å². The van der Waals surface area contributed by atoms with Gasteiger partial charge in [0.25, 0.3) is 0 Å². The maximum absolute atomic E-state index is 11.9. The molecule has 0 unspecified atom stereocenters. The SMILES string of the molecule is CCCNC(=O)CCCOCC(=O)NCc1ccc(CC(=O)N2CCC2=O)cc1. The second-order valence-electron chi connectivity index (χ2n) is 6.97. The maximum Gasteiger partial charge on any atom is 0.246 e. The van der Waals surface area contributed by atoms with Crippen LogP contribution in [0.25, 0.3) is 0 Å². The molecule has 1 aliphatic rings. The van der Waals surface area contributed by atoms with Gasteiger partial charge in [-0.1, -0.05) is 31.2 Å². The Morgan fingerprint density at radius 2 is 1.79 bits per heavy atom. The highest BCUT2D eigenvalue weighted by atomic mass is 16.5. The zero-order valence-electron chi connectivity index (χ0n) is 16.9. The first-order valence-electron chi connectivity index (χ1n) is 10.0. The average Bonchev–Trinajstić information content (AvgIpc) is 2.70. The first-order chi connectivity index (χ1) is 14.0. The van der Waals surface area contributed by atoms with E-state index in [1.807, 2.05) is 31.2 Å². The molecule has 0 aromatic heterocycles. The average molecular weight is 403 g/mol. The number of nitrogens with one attached hydrogen (secondary N) is 2. The van der Waals surface area contributed by atoms with Crippen LogP contribution in [0.15, 0.2) is 24.3 Å². The van der Waals surface area contributed by atoms with Gasteiger partial charge in [0.15, 0.2) is 0 Å². The summed E-state index contributed by atoms with van der Waals surface area (Å²) < 4.78 is 5.29. The molecule has 1 aromatic rings. The highest BCUT2D eigenvalue weighted by Gasteiger charge is 2.29. The Morgan fingerprint density at radius 3 is 2.41 bits per heavy atom. The van der Waals surface area contributed by atoms with Crippen LogP contribution in [0.5, 0.6) is 0 Å². The number of hydrogen-bond acceptors (Lipinski definition) is 5. The van der Waals surface area contributed by atoms with Gasteiger partial charge in [-0.15, -0.1) is 0 Å². The Hall–Kier alpha value is -2.74. The summed E-state index contributed by atoms with van der Waals surface area (Å²) in [6.45, 7) is 3.85. The van der Waals surface area contributed by atoms with E-state index in [0.29, 0.717) is 45.5 Å². The van der Waals surface area contributed by atoms with Crippen molar-refractivity contribution >= 4 is 23.6 Å². The first kappa shape index (κ1) is 22.5. The maximum atomic E-state index is 11.9. The fourth-order valence-electron chi connectivity index (χ4n) is 2.73. The molecule has 4 amide bonds. The number of nitrogens with zero attached hydrogens (tertiary/aromatic N) is 1. The molecule has 0 spiro atoms. The Kier molecular flexibility index (Phi) is 9.30. The van der Waals surface area contributed by atoms with Crippen molar-refractivity contribution in [2.45, 2.75) is 45.6 Å². The normalized spacial score (nSPS) is 13.0. The van der Waals surface area contributed by atoms with E-state index in [9.17, 15) is 19.2 Å². The van der Waals surface area contributed by atoms with Crippen molar-refractivity contribution in [2.24, 2.45) is 0 Å². The Morgan fingerprint density at radius 1 is 1.07 bits per heavy atom. The summed E-state index contributed by atoms with van der Waals surface area (Å²) >= 11 is 0. The number of rotatable bonds is 12. The number of benzene rings is 1. The van der Waals surface area contributed by atoms with E-state index in [2.05, 4.69) is 10.6 Å². The van der Waals surface area contributed by atoms with Crippen molar-refractivity contribution < 1.29 is 23.9 Å². The molecule has 29 heavy (non-hydrogen) atoms. The number of imide groups is 1. The fourth-order valence-corrected chi connectivity index (χ4v) is 2.73. The predicted octanol–water partition coefficient (Wildman–Crippen LogP) is 0.927. The number of carbonyl (C=O) groups excluding carboxylic acids is 4. The molecule has 0 saturated carbocycles. The minimum absolute atomic E-state index is 0.00141. The molecule has 0 radical (unpaired) electrons. The van der Waals surface area contributed by atoms with Gasteiger partial charge < -0.3 is 15.4 Å². The molecule has 8 nitrogen and oxygen atoms in total. The van der Waals surface area contributed by atoms with Crippen molar-refractivity contribution in [2.75, 3.05) is 26.3 Å². The molecular weight excluding hydrogens is 374 g/mol. The van der Waals surface area contributed by atoms with Gasteiger partial charge in [0.05, 0.1) is 6.42 Å². The zero-order chi connectivity index (χ0) is 21.1. The molecule has 1 heterocycles. The summed E-state index contributed by atoms with van der Waals surface area (Å²) in [5, 5.41) is 5.55. The van der Waals surface area contributed by atoms with Crippen LogP contribution >= 0.6 is 0 Å². The lowest BCUT2D eigenvalue weighted by Crippen LogP contribution is -2.48. The summed E-state index contributed by atoms with van der Waals surface area (Å²) in [4.78, 5) is 47.7. The fraction of sp³-hybridized carbons (Fsp3) is 0.524. The van der Waals surface area contributed by atoms with E-state index in [1.54, 1.807) is 0 Å². The number of likely N-dealkylation sites (tertiary alicyclic amines) is 1. The van der Waals surface area contributed by atoms with E-state index in [-0.39, 0.29) is 36.7 Å². The Bertz CT molecular complexity index is 718. The van der Waals surface area contributed by atoms with E-state index in [4.69, 9.17) is 4.74 Å². The largest absolute Gasteiger partial charge is 0.372 e. The summed E-state index contributed by atoms with van der Waals surface area (Å²) in [5.74, 6) is -0.517. The van der Waals surface area contributed by atoms with Crippen molar-refractivity contribution in [3.05, 3.63) is 35.4 Å². The van der Waals surface area contributed by atoms with E-state index >= 15 is 0 Å². The number of carbonyl (C=O) groups is 4.